The summed E-state index contributed by atoms with van der Waals surface area (Å²) in [6.45, 7) is 0.585. The third-order valence-corrected chi connectivity index (χ3v) is 3.67. The van der Waals surface area contributed by atoms with Gasteiger partial charge in [-0.15, -0.1) is 0 Å². The molecule has 0 aliphatic carbocycles. The molecule has 3 N–H and O–H groups in total. The van der Waals surface area contributed by atoms with Gasteiger partial charge in [0.25, 0.3) is 5.91 Å². The molecule has 1 heterocycles. The number of carbonyl (C=O) groups excluding carboxylic acids is 1. The molecule has 1 amide bonds. The monoisotopic (exact) mass is 322 g/mol. The van der Waals surface area contributed by atoms with Crippen LogP contribution in [0.3, 0.4) is 0 Å². The predicted octanol–water partition coefficient (Wildman–Crippen LogP) is 3.59. The van der Waals surface area contributed by atoms with Crippen molar-refractivity contribution in [2.75, 3.05) is 6.54 Å². The van der Waals surface area contributed by atoms with Crippen LogP contribution in [0.4, 0.5) is 0 Å². The highest BCUT2D eigenvalue weighted by atomic mass is 35.5. The zero-order valence-electron chi connectivity index (χ0n) is 12.2. The van der Waals surface area contributed by atoms with Gasteiger partial charge in [-0.2, -0.15) is 0 Å². The van der Waals surface area contributed by atoms with Crippen LogP contribution in [0.25, 0.3) is 10.9 Å². The fourth-order valence-corrected chi connectivity index (χ4v) is 2.45. The number of hydrogen-bond acceptors (Lipinski definition) is 2. The number of carboxylic acids is 1. The van der Waals surface area contributed by atoms with E-state index in [9.17, 15) is 9.59 Å². The minimum absolute atomic E-state index is 0.141. The van der Waals surface area contributed by atoms with Gasteiger partial charge in [0.15, 0.2) is 0 Å². The van der Waals surface area contributed by atoms with E-state index in [2.05, 4.69) is 10.3 Å². The molecular formula is C16H19ClN2O3. The number of nitrogens with one attached hydrogen (secondary N) is 2. The van der Waals surface area contributed by atoms with Gasteiger partial charge in [0, 0.05) is 28.9 Å². The summed E-state index contributed by atoms with van der Waals surface area (Å²) in [4.78, 5) is 25.4. The Morgan fingerprint density at radius 2 is 1.91 bits per heavy atom. The topological polar surface area (TPSA) is 82.2 Å². The minimum atomic E-state index is -0.757. The van der Waals surface area contributed by atoms with Crippen molar-refractivity contribution in [3.05, 3.63) is 35.0 Å². The number of unbranched alkanes of at least 4 members (excludes halogenated alkanes) is 3. The number of aromatic amines is 1. The van der Waals surface area contributed by atoms with Gasteiger partial charge in [-0.05, 0) is 31.0 Å². The van der Waals surface area contributed by atoms with Crippen molar-refractivity contribution in [1.82, 2.24) is 10.3 Å². The molecule has 0 aliphatic rings. The fraction of sp³-hybridized carbons (Fsp3) is 0.375. The van der Waals surface area contributed by atoms with E-state index in [4.69, 9.17) is 16.7 Å². The van der Waals surface area contributed by atoms with Crippen LogP contribution in [-0.4, -0.2) is 28.5 Å². The summed E-state index contributed by atoms with van der Waals surface area (Å²) in [5, 5.41) is 13.0. The molecule has 0 radical (unpaired) electrons. The number of carbonyl (C=O) groups is 2. The maximum Gasteiger partial charge on any atom is 0.303 e. The summed E-state index contributed by atoms with van der Waals surface area (Å²) >= 11 is 5.91. The number of hydrogen-bond donors (Lipinski definition) is 3. The fourth-order valence-electron chi connectivity index (χ4n) is 2.27. The van der Waals surface area contributed by atoms with E-state index >= 15 is 0 Å². The zero-order chi connectivity index (χ0) is 15.9. The van der Waals surface area contributed by atoms with Crippen LogP contribution in [0.5, 0.6) is 0 Å². The number of aliphatic carboxylic acids is 1. The van der Waals surface area contributed by atoms with E-state index in [0.29, 0.717) is 23.7 Å². The highest BCUT2D eigenvalue weighted by Crippen LogP contribution is 2.19. The molecule has 0 spiro atoms. The second kappa shape index (κ2) is 7.84. The number of H-pyrrole nitrogens is 1. The van der Waals surface area contributed by atoms with E-state index < -0.39 is 5.97 Å². The molecule has 1 aromatic heterocycles. The first-order chi connectivity index (χ1) is 10.6. The third kappa shape index (κ3) is 4.77. The molecule has 2 aromatic rings. The Hall–Kier alpha value is -2.01. The number of carboxylic acid groups (broad SMARTS) is 1. The molecule has 0 atom stereocenters. The molecule has 22 heavy (non-hydrogen) atoms. The van der Waals surface area contributed by atoms with Gasteiger partial charge in [-0.1, -0.05) is 30.5 Å². The second-order valence-corrected chi connectivity index (χ2v) is 5.66. The molecular weight excluding hydrogens is 304 g/mol. The van der Waals surface area contributed by atoms with E-state index in [1.165, 1.54) is 0 Å². The Bertz CT molecular complexity index is 666. The van der Waals surface area contributed by atoms with Crippen LogP contribution in [0.1, 0.15) is 42.6 Å². The lowest BCUT2D eigenvalue weighted by atomic mass is 10.1. The molecule has 0 bridgehead atoms. The summed E-state index contributed by atoms with van der Waals surface area (Å²) < 4.78 is 0. The number of halogens is 1. The van der Waals surface area contributed by atoms with Crippen molar-refractivity contribution in [2.45, 2.75) is 32.1 Å². The molecule has 0 fully saturated rings. The van der Waals surface area contributed by atoms with Gasteiger partial charge >= 0.3 is 5.97 Å². The van der Waals surface area contributed by atoms with E-state index in [1.807, 2.05) is 6.07 Å². The average molecular weight is 323 g/mol. The van der Waals surface area contributed by atoms with Gasteiger partial charge in [0.1, 0.15) is 5.69 Å². The Morgan fingerprint density at radius 3 is 2.68 bits per heavy atom. The molecule has 0 aliphatic heterocycles. The minimum Gasteiger partial charge on any atom is -0.481 e. The summed E-state index contributed by atoms with van der Waals surface area (Å²) in [7, 11) is 0. The van der Waals surface area contributed by atoms with Crippen molar-refractivity contribution in [3.63, 3.8) is 0 Å². The van der Waals surface area contributed by atoms with Gasteiger partial charge < -0.3 is 15.4 Å². The SMILES string of the molecule is O=C(O)CCCCCCNC(=O)c1cc2ccc(Cl)cc2[nH]1. The van der Waals surface area contributed by atoms with Crippen molar-refractivity contribution < 1.29 is 14.7 Å². The van der Waals surface area contributed by atoms with Gasteiger partial charge in [0.2, 0.25) is 0 Å². The van der Waals surface area contributed by atoms with Crippen molar-refractivity contribution in [1.29, 1.82) is 0 Å². The lowest BCUT2D eigenvalue weighted by Crippen LogP contribution is -2.24. The lowest BCUT2D eigenvalue weighted by molar-refractivity contribution is -0.137. The summed E-state index contributed by atoms with van der Waals surface area (Å²) in [6.07, 6.45) is 3.52. The van der Waals surface area contributed by atoms with Crippen LogP contribution in [0.2, 0.25) is 5.02 Å². The number of fused-ring (bicyclic) bond motifs is 1. The standard InChI is InChI=1S/C16H19ClN2O3/c17-12-7-6-11-9-14(19-13(11)10-12)16(22)18-8-4-2-1-3-5-15(20)21/h6-7,9-10,19H,1-5,8H2,(H,18,22)(H,20,21). The molecule has 1 aromatic carbocycles. The lowest BCUT2D eigenvalue weighted by Gasteiger charge is -2.03. The zero-order valence-corrected chi connectivity index (χ0v) is 12.9. The van der Waals surface area contributed by atoms with Gasteiger partial charge in [0.05, 0.1) is 0 Å². The molecule has 118 valence electrons. The maximum absolute atomic E-state index is 12.0. The van der Waals surface area contributed by atoms with Crippen molar-refractivity contribution in [3.8, 4) is 0 Å². The van der Waals surface area contributed by atoms with Crippen LogP contribution in [0, 0.1) is 0 Å². The number of aromatic nitrogens is 1. The quantitative estimate of drug-likeness (QED) is 0.649. The van der Waals surface area contributed by atoms with Gasteiger partial charge in [-0.25, -0.2) is 0 Å². The highest BCUT2D eigenvalue weighted by molar-refractivity contribution is 6.31. The second-order valence-electron chi connectivity index (χ2n) is 5.23. The Labute approximate surface area is 133 Å². The molecule has 5 nitrogen and oxygen atoms in total. The Morgan fingerprint density at radius 1 is 1.14 bits per heavy atom. The first-order valence-electron chi connectivity index (χ1n) is 7.34. The molecule has 0 saturated heterocycles. The first kappa shape index (κ1) is 16.4. The summed E-state index contributed by atoms with van der Waals surface area (Å²) in [5.74, 6) is -0.898. The van der Waals surface area contributed by atoms with E-state index in [-0.39, 0.29) is 12.3 Å². The predicted molar refractivity (Wildman–Crippen MR) is 86.4 cm³/mol. The normalized spacial score (nSPS) is 10.8. The van der Waals surface area contributed by atoms with Gasteiger partial charge in [-0.3, -0.25) is 9.59 Å². The van der Waals surface area contributed by atoms with Crippen molar-refractivity contribution in [2.24, 2.45) is 0 Å². The number of rotatable bonds is 8. The third-order valence-electron chi connectivity index (χ3n) is 3.43. The molecule has 0 saturated carbocycles. The highest BCUT2D eigenvalue weighted by Gasteiger charge is 2.09. The summed E-state index contributed by atoms with van der Waals surface area (Å²) in [6, 6.07) is 7.24. The Balaban J connectivity index is 1.73. The van der Waals surface area contributed by atoms with Crippen LogP contribution < -0.4 is 5.32 Å². The average Bonchev–Trinajstić information content (AvgIpc) is 2.88. The maximum atomic E-state index is 12.0. The molecule has 6 heteroatoms. The summed E-state index contributed by atoms with van der Waals surface area (Å²) in [5.41, 5.74) is 1.36. The van der Waals surface area contributed by atoms with Crippen molar-refractivity contribution >= 4 is 34.4 Å². The molecule has 0 unspecified atom stereocenters. The van der Waals surface area contributed by atoms with E-state index in [1.54, 1.807) is 18.2 Å². The van der Waals surface area contributed by atoms with Crippen LogP contribution in [0.15, 0.2) is 24.3 Å². The van der Waals surface area contributed by atoms with E-state index in [0.717, 1.165) is 30.2 Å². The smallest absolute Gasteiger partial charge is 0.303 e. The van der Waals surface area contributed by atoms with Crippen LogP contribution in [-0.2, 0) is 4.79 Å². The first-order valence-corrected chi connectivity index (χ1v) is 7.72. The number of benzene rings is 1. The largest absolute Gasteiger partial charge is 0.481 e. The number of amides is 1. The van der Waals surface area contributed by atoms with Crippen LogP contribution >= 0.6 is 11.6 Å². The molecule has 2 rings (SSSR count). The Kier molecular flexibility index (Phi) is 5.83.